The van der Waals surface area contributed by atoms with Gasteiger partial charge in [0.2, 0.25) is 0 Å². The predicted octanol–water partition coefficient (Wildman–Crippen LogP) is -0.421. The number of hydrogen-bond acceptors (Lipinski definition) is 4. The third kappa shape index (κ3) is 2450. The first kappa shape index (κ1) is 27.0. The van der Waals surface area contributed by atoms with E-state index in [-0.39, 0.29) is 39.9 Å². The molecule has 0 aliphatic carbocycles. The van der Waals surface area contributed by atoms with E-state index in [9.17, 15) is 0 Å². The van der Waals surface area contributed by atoms with E-state index in [0.29, 0.717) is 0 Å². The average Bonchev–Trinajstić information content (AvgIpc) is 0.811. The fourth-order valence-electron chi connectivity index (χ4n) is 0. The van der Waals surface area contributed by atoms with Gasteiger partial charge in [-0.1, -0.05) is 0 Å². The first-order valence-corrected chi connectivity index (χ1v) is 0.548. The summed E-state index contributed by atoms with van der Waals surface area (Å²) in [5, 5.41) is 14.8. The van der Waals surface area contributed by atoms with Crippen LogP contribution in [0, 0.1) is 15.3 Å². The minimum absolute atomic E-state index is 0. The topological polar surface area (TPSA) is 96.2 Å². The monoisotopic (exact) mass is 194 g/mol. The molecule has 0 spiro atoms. The summed E-state index contributed by atoms with van der Waals surface area (Å²) in [5.41, 5.74) is 0. The molecule has 7 heavy (non-hydrogen) atoms. The van der Waals surface area contributed by atoms with E-state index in [1.165, 1.54) is 0 Å². The molecular weight excluding hydrogens is 194 g/mol. The van der Waals surface area contributed by atoms with Gasteiger partial charge in [-0.3, -0.25) is 0 Å². The second-order valence-corrected chi connectivity index (χ2v) is 0.224. The van der Waals surface area contributed by atoms with Crippen molar-refractivity contribution in [1.82, 2.24) is 0 Å². The largest absolute Gasteiger partial charge is 3.00 e. The molecular formula is HCrCuNO4+3. The molecule has 0 fully saturated rings. The summed E-state index contributed by atoms with van der Waals surface area (Å²) in [7, 11) is 0. The van der Waals surface area contributed by atoms with Gasteiger partial charge < -0.3 is 20.8 Å². The van der Waals surface area contributed by atoms with Gasteiger partial charge in [0.05, 0.1) is 5.09 Å². The maximum Gasteiger partial charge on any atom is 3.00 e. The first-order valence-electron chi connectivity index (χ1n) is 0.548. The maximum atomic E-state index is 8.25. The Bertz CT molecular complexity index is 34.7. The van der Waals surface area contributed by atoms with Crippen LogP contribution in [0.25, 0.3) is 0 Å². The summed E-state index contributed by atoms with van der Waals surface area (Å²) >= 11 is 0. The fourth-order valence-corrected chi connectivity index (χ4v) is 0. The van der Waals surface area contributed by atoms with Gasteiger partial charge in [0, 0.05) is 0 Å². The van der Waals surface area contributed by atoms with Crippen LogP contribution in [0.2, 0.25) is 0 Å². The van der Waals surface area contributed by atoms with Crippen molar-refractivity contribution in [3.8, 4) is 0 Å². The Labute approximate surface area is 60.7 Å². The molecule has 0 aromatic carbocycles. The first-order chi connectivity index (χ1) is 1.73. The molecule has 1 N–H and O–H groups in total. The Morgan fingerprint density at radius 3 is 1.29 bits per heavy atom. The number of rotatable bonds is 0. The molecule has 0 atom stereocenters. The molecule has 0 unspecified atom stereocenters. The molecule has 44 valence electrons. The van der Waals surface area contributed by atoms with Crippen LogP contribution in [0.4, 0.5) is 0 Å². The van der Waals surface area contributed by atoms with Crippen molar-refractivity contribution < 1.29 is 45.0 Å². The Kier molecular flexibility index (Phi) is 63.0. The standard InChI is InChI=1S/Cr.Cu.NO3.H2O/c;;2-1(3)4;/h;;;1H2/q+3;+2;-1;/p-1. The smallest absolute Gasteiger partial charge is 0.870 e. The fraction of sp³-hybridized carbons (Fsp3) is 0. The van der Waals surface area contributed by atoms with Crippen molar-refractivity contribution in [3.63, 3.8) is 0 Å². The Morgan fingerprint density at radius 2 is 1.29 bits per heavy atom. The minimum Gasteiger partial charge on any atom is -0.870 e. The summed E-state index contributed by atoms with van der Waals surface area (Å²) in [6, 6.07) is 0. The second-order valence-electron chi connectivity index (χ2n) is 0.224. The predicted molar refractivity (Wildman–Crippen MR) is 12.3 cm³/mol. The summed E-state index contributed by atoms with van der Waals surface area (Å²) in [5.74, 6) is 0. The molecule has 5 nitrogen and oxygen atoms in total. The van der Waals surface area contributed by atoms with Gasteiger partial charge in [0.25, 0.3) is 0 Å². The third-order valence-corrected chi connectivity index (χ3v) is 0. The molecule has 2 radical (unpaired) electrons. The van der Waals surface area contributed by atoms with Gasteiger partial charge in [0.1, 0.15) is 0 Å². The van der Waals surface area contributed by atoms with E-state index < -0.39 is 5.09 Å². The molecule has 0 aliphatic heterocycles. The zero-order valence-corrected chi connectivity index (χ0v) is 5.05. The van der Waals surface area contributed by atoms with Gasteiger partial charge in [-0.05, 0) is 0 Å². The SMILES string of the molecule is O=[N+]([O-])[O-].[Cr+3].[Cu+2].[OH-]. The van der Waals surface area contributed by atoms with Crippen LogP contribution in [0.3, 0.4) is 0 Å². The normalized spacial score (nSPS) is 3.43. The number of nitrogens with zero attached hydrogens (tertiary/aromatic N) is 1. The molecule has 0 heterocycles. The van der Waals surface area contributed by atoms with Crippen LogP contribution in [0.1, 0.15) is 0 Å². The quantitative estimate of drug-likeness (QED) is 0.297. The van der Waals surface area contributed by atoms with Gasteiger partial charge in [-0.2, -0.15) is 0 Å². The molecule has 0 bridgehead atoms. The van der Waals surface area contributed by atoms with Crippen molar-refractivity contribution in [2.24, 2.45) is 0 Å². The number of hydrogen-bond donors (Lipinski definition) is 0. The van der Waals surface area contributed by atoms with Crippen molar-refractivity contribution >= 4 is 0 Å². The summed E-state index contributed by atoms with van der Waals surface area (Å²) in [6.45, 7) is 0. The van der Waals surface area contributed by atoms with Gasteiger partial charge >= 0.3 is 34.4 Å². The molecule has 0 aromatic rings. The zero-order valence-electron chi connectivity index (χ0n) is 2.83. The van der Waals surface area contributed by atoms with Crippen LogP contribution in [0.5, 0.6) is 0 Å². The van der Waals surface area contributed by atoms with Crippen LogP contribution < -0.4 is 0 Å². The van der Waals surface area contributed by atoms with Crippen LogP contribution in [-0.2, 0) is 34.4 Å². The minimum atomic E-state index is -1.75. The average molecular weight is 195 g/mol. The Morgan fingerprint density at radius 1 is 1.29 bits per heavy atom. The third-order valence-electron chi connectivity index (χ3n) is 0. The zero-order chi connectivity index (χ0) is 3.58. The van der Waals surface area contributed by atoms with E-state index in [0.717, 1.165) is 0 Å². The molecule has 0 saturated carbocycles. The van der Waals surface area contributed by atoms with E-state index in [2.05, 4.69) is 0 Å². The van der Waals surface area contributed by atoms with E-state index in [1.54, 1.807) is 0 Å². The maximum absolute atomic E-state index is 8.25. The second kappa shape index (κ2) is 16.4. The summed E-state index contributed by atoms with van der Waals surface area (Å²) in [6.07, 6.45) is 0. The molecule has 0 saturated heterocycles. The van der Waals surface area contributed by atoms with E-state index in [4.69, 9.17) is 15.3 Å². The Balaban J connectivity index is -0.0000000150. The van der Waals surface area contributed by atoms with Crippen molar-refractivity contribution in [1.29, 1.82) is 0 Å². The van der Waals surface area contributed by atoms with Gasteiger partial charge in [0.15, 0.2) is 0 Å². The van der Waals surface area contributed by atoms with Crippen molar-refractivity contribution in [2.75, 3.05) is 0 Å². The molecule has 0 rings (SSSR count). The van der Waals surface area contributed by atoms with Crippen LogP contribution in [-0.4, -0.2) is 10.6 Å². The summed E-state index contributed by atoms with van der Waals surface area (Å²) in [4.78, 5) is 8.25. The Hall–Kier alpha value is 0.212. The molecule has 0 aromatic heterocycles. The van der Waals surface area contributed by atoms with Crippen molar-refractivity contribution in [2.45, 2.75) is 0 Å². The van der Waals surface area contributed by atoms with Crippen LogP contribution in [0.15, 0.2) is 0 Å². The van der Waals surface area contributed by atoms with Gasteiger partial charge in [-0.15, -0.1) is 0 Å². The van der Waals surface area contributed by atoms with E-state index >= 15 is 0 Å². The molecule has 7 heteroatoms. The van der Waals surface area contributed by atoms with Crippen molar-refractivity contribution in [3.05, 3.63) is 15.3 Å². The molecule has 0 aliphatic rings. The van der Waals surface area contributed by atoms with E-state index in [1.807, 2.05) is 0 Å². The molecule has 0 amide bonds. The summed E-state index contributed by atoms with van der Waals surface area (Å²) < 4.78 is 0. The van der Waals surface area contributed by atoms with Gasteiger partial charge in [-0.25, -0.2) is 0 Å². The van der Waals surface area contributed by atoms with Crippen LogP contribution >= 0.6 is 0 Å².